The number of anilines is 1. The van der Waals surface area contributed by atoms with Crippen LogP contribution in [0.25, 0.3) is 11.5 Å². The maximum absolute atomic E-state index is 12.3. The van der Waals surface area contributed by atoms with Gasteiger partial charge in [0, 0.05) is 23.6 Å². The molecule has 3 aromatic heterocycles. The van der Waals surface area contributed by atoms with Crippen molar-refractivity contribution in [2.45, 2.75) is 33.2 Å². The molecule has 0 spiro atoms. The number of carbonyl (C=O) groups is 1. The number of aryl methyl sites for hydroxylation is 2. The number of carbonyl (C=O) groups excluding carboxylic acids is 1. The smallest absolute Gasteiger partial charge is 0.231 e. The third kappa shape index (κ3) is 3.50. The van der Waals surface area contributed by atoms with Gasteiger partial charge in [-0.05, 0) is 24.8 Å². The monoisotopic (exact) mass is 330 g/mol. The molecule has 0 saturated carbocycles. The third-order valence-electron chi connectivity index (χ3n) is 3.41. The predicted octanol–water partition coefficient (Wildman–Crippen LogP) is 3.50. The topological polar surface area (TPSA) is 73.0 Å². The zero-order valence-electron chi connectivity index (χ0n) is 13.1. The fourth-order valence-electron chi connectivity index (χ4n) is 2.27. The van der Waals surface area contributed by atoms with Crippen LogP contribution in [0.2, 0.25) is 0 Å². The van der Waals surface area contributed by atoms with Gasteiger partial charge in [-0.3, -0.25) is 4.79 Å². The van der Waals surface area contributed by atoms with Crippen LogP contribution in [0, 0.1) is 6.92 Å². The number of nitrogens with one attached hydrogen (secondary N) is 1. The van der Waals surface area contributed by atoms with Crippen LogP contribution in [0.15, 0.2) is 33.5 Å². The Morgan fingerprint density at radius 2 is 2.30 bits per heavy atom. The van der Waals surface area contributed by atoms with E-state index in [9.17, 15) is 4.79 Å². The van der Waals surface area contributed by atoms with Crippen LogP contribution in [-0.2, 0) is 17.8 Å². The second-order valence-corrected chi connectivity index (χ2v) is 5.98. The molecular formula is C16H18N4O2S. The Bertz CT molecular complexity index is 789. The van der Waals surface area contributed by atoms with Gasteiger partial charge in [-0.2, -0.15) is 16.4 Å². The first-order valence-corrected chi connectivity index (χ1v) is 8.42. The van der Waals surface area contributed by atoms with Gasteiger partial charge in [-0.1, -0.05) is 6.92 Å². The highest BCUT2D eigenvalue weighted by Crippen LogP contribution is 2.24. The largest absolute Gasteiger partial charge is 0.441 e. The number of hydrogen-bond donors (Lipinski definition) is 1. The molecule has 0 aliphatic heterocycles. The van der Waals surface area contributed by atoms with E-state index in [0.29, 0.717) is 23.2 Å². The summed E-state index contributed by atoms with van der Waals surface area (Å²) in [4.78, 5) is 16.7. The molecule has 3 rings (SSSR count). The van der Waals surface area contributed by atoms with E-state index in [0.717, 1.165) is 18.5 Å². The van der Waals surface area contributed by atoms with Crippen LogP contribution >= 0.6 is 11.3 Å². The van der Waals surface area contributed by atoms with Gasteiger partial charge in [-0.15, -0.1) is 0 Å². The van der Waals surface area contributed by atoms with Crippen LogP contribution in [0.4, 0.5) is 5.82 Å². The van der Waals surface area contributed by atoms with Crippen LogP contribution in [0.1, 0.15) is 24.8 Å². The number of hydrogen-bond acceptors (Lipinski definition) is 5. The Kier molecular flexibility index (Phi) is 4.57. The molecule has 1 amide bonds. The number of oxazole rings is 1. The molecule has 120 valence electrons. The molecule has 6 nitrogen and oxygen atoms in total. The summed E-state index contributed by atoms with van der Waals surface area (Å²) in [5, 5.41) is 11.0. The zero-order chi connectivity index (χ0) is 16.2. The lowest BCUT2D eigenvalue weighted by molar-refractivity contribution is -0.115. The van der Waals surface area contributed by atoms with Gasteiger partial charge in [0.1, 0.15) is 11.6 Å². The molecule has 23 heavy (non-hydrogen) atoms. The molecule has 0 aliphatic rings. The summed E-state index contributed by atoms with van der Waals surface area (Å²) in [5.41, 5.74) is 1.59. The van der Waals surface area contributed by atoms with Crippen molar-refractivity contribution in [3.05, 3.63) is 40.5 Å². The van der Waals surface area contributed by atoms with Gasteiger partial charge in [-0.25, -0.2) is 9.67 Å². The molecule has 0 bridgehead atoms. The second kappa shape index (κ2) is 6.78. The van der Waals surface area contributed by atoms with E-state index in [1.807, 2.05) is 23.8 Å². The van der Waals surface area contributed by atoms with Gasteiger partial charge < -0.3 is 9.73 Å². The Labute approximate surface area is 138 Å². The summed E-state index contributed by atoms with van der Waals surface area (Å²) in [6.45, 7) is 4.67. The maximum atomic E-state index is 12.3. The number of amides is 1. The molecule has 0 radical (unpaired) electrons. The number of nitrogens with zero attached hydrogens (tertiary/aromatic N) is 3. The molecule has 3 aromatic rings. The minimum Gasteiger partial charge on any atom is -0.441 e. The highest BCUT2D eigenvalue weighted by atomic mass is 32.1. The Hall–Kier alpha value is -2.41. The molecular weight excluding hydrogens is 312 g/mol. The van der Waals surface area contributed by atoms with Crippen molar-refractivity contribution in [2.75, 3.05) is 5.32 Å². The predicted molar refractivity (Wildman–Crippen MR) is 89.4 cm³/mol. The van der Waals surface area contributed by atoms with Crippen molar-refractivity contribution in [2.24, 2.45) is 0 Å². The van der Waals surface area contributed by atoms with Crippen molar-refractivity contribution in [3.8, 4) is 11.5 Å². The van der Waals surface area contributed by atoms with Crippen LogP contribution in [-0.4, -0.2) is 20.7 Å². The van der Waals surface area contributed by atoms with Gasteiger partial charge in [0.05, 0.1) is 18.3 Å². The van der Waals surface area contributed by atoms with Crippen molar-refractivity contribution >= 4 is 23.1 Å². The summed E-state index contributed by atoms with van der Waals surface area (Å²) < 4.78 is 7.44. The van der Waals surface area contributed by atoms with Gasteiger partial charge in [0.25, 0.3) is 0 Å². The summed E-state index contributed by atoms with van der Waals surface area (Å²) in [6.07, 6.45) is 2.81. The standard InChI is InChI=1S/C16H18N4O2S/c1-3-7-20-14(4-6-17-20)19-15(21)9-13-11(2)22-16(18-13)12-5-8-23-10-12/h4-6,8,10H,3,7,9H2,1-2H3,(H,19,21). The van der Waals surface area contributed by atoms with Crippen LogP contribution < -0.4 is 5.32 Å². The second-order valence-electron chi connectivity index (χ2n) is 5.20. The Morgan fingerprint density at radius 1 is 1.43 bits per heavy atom. The van der Waals surface area contributed by atoms with E-state index < -0.39 is 0 Å². The number of aromatic nitrogens is 3. The first kappa shape index (κ1) is 15.5. The lowest BCUT2D eigenvalue weighted by Crippen LogP contribution is -2.18. The fourth-order valence-corrected chi connectivity index (χ4v) is 2.90. The van der Waals surface area contributed by atoms with Crippen molar-refractivity contribution in [1.29, 1.82) is 0 Å². The molecule has 0 saturated heterocycles. The highest BCUT2D eigenvalue weighted by Gasteiger charge is 2.16. The van der Waals surface area contributed by atoms with Crippen molar-refractivity contribution in [1.82, 2.24) is 14.8 Å². The molecule has 0 unspecified atom stereocenters. The molecule has 0 aromatic carbocycles. The molecule has 3 heterocycles. The minimum absolute atomic E-state index is 0.129. The Morgan fingerprint density at radius 3 is 3.04 bits per heavy atom. The van der Waals surface area contributed by atoms with Crippen LogP contribution in [0.5, 0.6) is 0 Å². The van der Waals surface area contributed by atoms with Crippen molar-refractivity contribution < 1.29 is 9.21 Å². The molecule has 0 aliphatic carbocycles. The average Bonchev–Trinajstić information content (AvgIpc) is 3.23. The average molecular weight is 330 g/mol. The first-order chi connectivity index (χ1) is 11.2. The summed E-state index contributed by atoms with van der Waals surface area (Å²) in [7, 11) is 0. The van der Waals surface area contributed by atoms with Crippen molar-refractivity contribution in [3.63, 3.8) is 0 Å². The lowest BCUT2D eigenvalue weighted by atomic mass is 10.2. The summed E-state index contributed by atoms with van der Waals surface area (Å²) >= 11 is 1.58. The number of thiophene rings is 1. The third-order valence-corrected chi connectivity index (χ3v) is 4.09. The maximum Gasteiger partial charge on any atom is 0.231 e. The highest BCUT2D eigenvalue weighted by molar-refractivity contribution is 7.08. The molecule has 1 N–H and O–H groups in total. The zero-order valence-corrected chi connectivity index (χ0v) is 13.9. The SMILES string of the molecule is CCCn1nccc1NC(=O)Cc1nc(-c2ccsc2)oc1C. The Balaban J connectivity index is 1.69. The van der Waals surface area contributed by atoms with E-state index >= 15 is 0 Å². The van der Waals surface area contributed by atoms with E-state index in [1.165, 1.54) is 0 Å². The van der Waals surface area contributed by atoms with E-state index in [1.54, 1.807) is 28.3 Å². The lowest BCUT2D eigenvalue weighted by Gasteiger charge is -2.07. The summed E-state index contributed by atoms with van der Waals surface area (Å²) in [6, 6.07) is 3.74. The molecule has 7 heteroatoms. The number of rotatable bonds is 6. The first-order valence-electron chi connectivity index (χ1n) is 7.48. The van der Waals surface area contributed by atoms with Crippen LogP contribution in [0.3, 0.4) is 0 Å². The fraction of sp³-hybridized carbons (Fsp3) is 0.312. The molecule has 0 fully saturated rings. The molecule has 0 atom stereocenters. The quantitative estimate of drug-likeness (QED) is 0.751. The minimum atomic E-state index is -0.129. The van der Waals surface area contributed by atoms with Gasteiger partial charge in [0.15, 0.2) is 0 Å². The van der Waals surface area contributed by atoms with E-state index in [-0.39, 0.29) is 12.3 Å². The summed E-state index contributed by atoms with van der Waals surface area (Å²) in [5.74, 6) is 1.80. The normalized spacial score (nSPS) is 10.9. The van der Waals surface area contributed by atoms with Gasteiger partial charge >= 0.3 is 0 Å². The van der Waals surface area contributed by atoms with Gasteiger partial charge in [0.2, 0.25) is 11.8 Å². The van der Waals surface area contributed by atoms with E-state index in [2.05, 4.69) is 22.3 Å². The van der Waals surface area contributed by atoms with E-state index in [4.69, 9.17) is 4.42 Å².